The van der Waals surface area contributed by atoms with Crippen molar-refractivity contribution >= 4 is 23.1 Å². The van der Waals surface area contributed by atoms with Crippen molar-refractivity contribution in [2.24, 2.45) is 5.41 Å². The van der Waals surface area contributed by atoms with Crippen LogP contribution in [0.5, 0.6) is 5.75 Å². The van der Waals surface area contributed by atoms with Gasteiger partial charge < -0.3 is 10.1 Å². The molecule has 0 radical (unpaired) electrons. The van der Waals surface area contributed by atoms with Crippen molar-refractivity contribution in [2.75, 3.05) is 10.2 Å². The van der Waals surface area contributed by atoms with Gasteiger partial charge in [-0.1, -0.05) is 94.3 Å². The topological polar surface area (TPSA) is 58.6 Å². The molecule has 1 heterocycles. The second-order valence-corrected chi connectivity index (χ2v) is 11.4. The number of hydrogen-bond acceptors (Lipinski definition) is 4. The van der Waals surface area contributed by atoms with Crippen molar-refractivity contribution in [3.63, 3.8) is 0 Å². The molecule has 0 unspecified atom stereocenters. The van der Waals surface area contributed by atoms with Crippen LogP contribution >= 0.6 is 0 Å². The maximum absolute atomic E-state index is 14.1. The van der Waals surface area contributed by atoms with Crippen molar-refractivity contribution in [3.8, 4) is 5.75 Å². The molecule has 1 N–H and O–H groups in total. The van der Waals surface area contributed by atoms with Gasteiger partial charge in [0.2, 0.25) is 5.91 Å². The predicted molar refractivity (Wildman–Crippen MR) is 157 cm³/mol. The summed E-state index contributed by atoms with van der Waals surface area (Å²) in [5.74, 6) is 0.782. The number of hydrogen-bond donors (Lipinski definition) is 1. The molecule has 0 saturated heterocycles. The van der Waals surface area contributed by atoms with Crippen LogP contribution in [0.25, 0.3) is 0 Å². The third-order valence-electron chi connectivity index (χ3n) is 7.61. The first-order valence-electron chi connectivity index (χ1n) is 14.1. The second-order valence-electron chi connectivity index (χ2n) is 11.4. The number of fused-ring (bicyclic) bond motifs is 1. The summed E-state index contributed by atoms with van der Waals surface area (Å²) in [6.45, 7) is 6.80. The first kappa shape index (κ1) is 26.7. The molecule has 3 aromatic carbocycles. The Morgan fingerprint density at radius 2 is 1.67 bits per heavy atom. The van der Waals surface area contributed by atoms with Crippen LogP contribution in [0.4, 0.5) is 11.4 Å². The van der Waals surface area contributed by atoms with Crippen molar-refractivity contribution in [3.05, 3.63) is 101 Å². The summed E-state index contributed by atoms with van der Waals surface area (Å²) in [6, 6.07) is 25.2. The highest BCUT2D eigenvalue weighted by molar-refractivity contribution is 6.06. The zero-order valence-electron chi connectivity index (χ0n) is 23.2. The number of carbonyl (C=O) groups excluding carboxylic acids is 2. The van der Waals surface area contributed by atoms with Gasteiger partial charge >= 0.3 is 0 Å². The minimum Gasteiger partial charge on any atom is -0.489 e. The Labute approximate surface area is 231 Å². The van der Waals surface area contributed by atoms with Gasteiger partial charge in [-0.2, -0.15) is 0 Å². The van der Waals surface area contributed by atoms with Gasteiger partial charge in [0.1, 0.15) is 12.4 Å². The van der Waals surface area contributed by atoms with Crippen LogP contribution in [0.1, 0.15) is 76.5 Å². The molecule has 2 aliphatic rings. The number of amides is 1. The van der Waals surface area contributed by atoms with E-state index in [1.807, 2.05) is 83.8 Å². The number of allylic oxidation sites excluding steroid dienone is 1. The quantitative estimate of drug-likeness (QED) is 0.305. The Bertz CT molecular complexity index is 1380. The molecule has 39 heavy (non-hydrogen) atoms. The Morgan fingerprint density at radius 1 is 0.949 bits per heavy atom. The van der Waals surface area contributed by atoms with Crippen LogP contribution in [0.15, 0.2) is 90.1 Å². The number of carbonyl (C=O) groups is 2. The number of ether oxygens (including phenoxy) is 1. The van der Waals surface area contributed by atoms with E-state index >= 15 is 0 Å². The van der Waals surface area contributed by atoms with E-state index in [1.54, 1.807) is 0 Å². The lowest BCUT2D eigenvalue weighted by Gasteiger charge is -2.37. The third-order valence-corrected chi connectivity index (χ3v) is 7.61. The third kappa shape index (κ3) is 5.78. The molecule has 1 atom stereocenters. The number of para-hydroxylation sites is 3. The summed E-state index contributed by atoms with van der Waals surface area (Å²) in [5.41, 5.74) is 4.93. The van der Waals surface area contributed by atoms with Gasteiger partial charge in [-0.3, -0.25) is 14.5 Å². The minimum absolute atomic E-state index is 0.0203. The molecule has 0 bridgehead atoms. The number of Topliss-reactive ketones (excluding diaryl/α,β-unsaturated/α-hetero) is 1. The fraction of sp³-hybridized carbons (Fsp3) is 0.353. The average Bonchev–Trinajstić information content (AvgIpc) is 3.06. The molecule has 1 aliphatic carbocycles. The molecule has 0 saturated carbocycles. The van der Waals surface area contributed by atoms with Gasteiger partial charge in [-0.05, 0) is 42.0 Å². The summed E-state index contributed by atoms with van der Waals surface area (Å²) in [6.07, 6.45) is 4.42. The molecular formula is C34H38N2O3. The molecule has 0 aromatic heterocycles. The molecule has 5 heteroatoms. The van der Waals surface area contributed by atoms with Crippen LogP contribution in [-0.2, 0) is 16.2 Å². The van der Waals surface area contributed by atoms with Crippen LogP contribution in [0.3, 0.4) is 0 Å². The zero-order chi connectivity index (χ0) is 27.4. The average molecular weight is 523 g/mol. The molecule has 0 spiro atoms. The summed E-state index contributed by atoms with van der Waals surface area (Å²) in [7, 11) is 0. The smallest absolute Gasteiger partial charge is 0.227 e. The van der Waals surface area contributed by atoms with Gasteiger partial charge in [0.15, 0.2) is 5.78 Å². The largest absolute Gasteiger partial charge is 0.489 e. The van der Waals surface area contributed by atoms with Crippen LogP contribution in [0.2, 0.25) is 0 Å². The van der Waals surface area contributed by atoms with E-state index in [1.165, 1.54) is 0 Å². The SMILES string of the molecule is CCCCCC(=O)N1c2ccccc2NC2=C(C(=O)CC(C)(C)C2)[C@H]1c1ccccc1OCc1ccccc1. The molecule has 0 fully saturated rings. The second kappa shape index (κ2) is 11.5. The number of nitrogens with one attached hydrogen (secondary N) is 1. The summed E-state index contributed by atoms with van der Waals surface area (Å²) < 4.78 is 6.40. The Hall–Kier alpha value is -3.86. The standard InChI is InChI=1S/C34H38N2O3/c1-4-5-7-20-31(38)36-28-18-12-11-17-26(28)35-27-21-34(2,3)22-29(37)32(27)33(36)25-16-10-13-19-30(25)39-23-24-14-8-6-9-15-24/h6,8-19,33,35H,4-5,7,20-23H2,1-3H3/t33-/m1/s1. The van der Waals surface area contributed by atoms with E-state index < -0.39 is 6.04 Å². The van der Waals surface area contributed by atoms with Gasteiger partial charge in [0.25, 0.3) is 0 Å². The van der Waals surface area contributed by atoms with E-state index in [2.05, 4.69) is 26.1 Å². The monoisotopic (exact) mass is 522 g/mol. The molecule has 5 nitrogen and oxygen atoms in total. The van der Waals surface area contributed by atoms with E-state index in [0.29, 0.717) is 30.8 Å². The first-order valence-corrected chi connectivity index (χ1v) is 14.1. The van der Waals surface area contributed by atoms with Crippen LogP contribution < -0.4 is 15.0 Å². The van der Waals surface area contributed by atoms with Crippen molar-refractivity contribution in [2.45, 2.75) is 71.9 Å². The molecule has 202 valence electrons. The number of unbranched alkanes of at least 4 members (excludes halogenated alkanes) is 2. The Morgan fingerprint density at radius 3 is 2.46 bits per heavy atom. The lowest BCUT2D eigenvalue weighted by molar-refractivity contribution is -0.119. The molecule has 3 aromatic rings. The number of rotatable bonds is 8. The molecular weight excluding hydrogens is 484 g/mol. The van der Waals surface area contributed by atoms with Gasteiger partial charge in [0, 0.05) is 29.7 Å². The Kier molecular flexibility index (Phi) is 7.87. The highest BCUT2D eigenvalue weighted by Crippen LogP contribution is 2.50. The fourth-order valence-electron chi connectivity index (χ4n) is 5.78. The van der Waals surface area contributed by atoms with Gasteiger partial charge in [0.05, 0.1) is 17.4 Å². The van der Waals surface area contributed by atoms with E-state index in [4.69, 9.17) is 4.74 Å². The normalized spacial score (nSPS) is 18.1. The summed E-state index contributed by atoms with van der Waals surface area (Å²) >= 11 is 0. The summed E-state index contributed by atoms with van der Waals surface area (Å²) in [5, 5.41) is 3.60. The first-order chi connectivity index (χ1) is 18.9. The lowest BCUT2D eigenvalue weighted by Crippen LogP contribution is -2.39. The predicted octanol–water partition coefficient (Wildman–Crippen LogP) is 7.99. The van der Waals surface area contributed by atoms with Gasteiger partial charge in [-0.25, -0.2) is 0 Å². The van der Waals surface area contributed by atoms with Crippen molar-refractivity contribution in [1.29, 1.82) is 0 Å². The maximum Gasteiger partial charge on any atom is 0.227 e. The zero-order valence-corrected chi connectivity index (χ0v) is 23.2. The van der Waals surface area contributed by atoms with Crippen LogP contribution in [0, 0.1) is 5.41 Å². The highest BCUT2D eigenvalue weighted by Gasteiger charge is 2.43. The number of anilines is 2. The van der Waals surface area contributed by atoms with Crippen LogP contribution in [-0.4, -0.2) is 11.7 Å². The summed E-state index contributed by atoms with van der Waals surface area (Å²) in [4.78, 5) is 29.9. The number of benzene rings is 3. The number of nitrogens with zero attached hydrogens (tertiary/aromatic N) is 1. The van der Waals surface area contributed by atoms with Crippen molar-refractivity contribution in [1.82, 2.24) is 0 Å². The fourth-order valence-corrected chi connectivity index (χ4v) is 5.78. The van der Waals surface area contributed by atoms with E-state index in [-0.39, 0.29) is 17.1 Å². The van der Waals surface area contributed by atoms with Gasteiger partial charge in [-0.15, -0.1) is 0 Å². The maximum atomic E-state index is 14.1. The Balaban J connectivity index is 1.67. The lowest BCUT2D eigenvalue weighted by atomic mass is 9.73. The van der Waals surface area contributed by atoms with Crippen molar-refractivity contribution < 1.29 is 14.3 Å². The number of ketones is 1. The van der Waals surface area contributed by atoms with E-state index in [9.17, 15) is 9.59 Å². The highest BCUT2D eigenvalue weighted by atomic mass is 16.5. The van der Waals surface area contributed by atoms with E-state index in [0.717, 1.165) is 53.9 Å². The molecule has 1 amide bonds. The minimum atomic E-state index is -0.583. The molecule has 1 aliphatic heterocycles. The molecule has 5 rings (SSSR count).